The lowest BCUT2D eigenvalue weighted by atomic mass is 10.0. The van der Waals surface area contributed by atoms with Crippen LogP contribution in [0, 0.1) is 0 Å². The molecule has 0 saturated carbocycles. The number of amidine groups is 1. The third-order valence-corrected chi connectivity index (χ3v) is 5.15. The lowest BCUT2D eigenvalue weighted by Crippen LogP contribution is -2.39. The average molecular weight is 322 g/mol. The molecule has 1 fully saturated rings. The van der Waals surface area contributed by atoms with Crippen LogP contribution in [0.2, 0.25) is 0 Å². The first kappa shape index (κ1) is 14.3. The number of esters is 1. The van der Waals surface area contributed by atoms with Gasteiger partial charge < -0.3 is 4.74 Å². The molecular formula is C14H14N2O3S2. The maximum Gasteiger partial charge on any atom is 0.338 e. The van der Waals surface area contributed by atoms with Crippen LogP contribution in [-0.4, -0.2) is 34.3 Å². The number of rotatable bonds is 3. The number of hydrogen-bond acceptors (Lipinski definition) is 6. The summed E-state index contributed by atoms with van der Waals surface area (Å²) in [6, 6.07) is 3.43. The molecule has 0 N–H and O–H groups in total. The number of allylic oxidation sites excluding steroid dienone is 1. The molecule has 0 radical (unpaired) electrons. The van der Waals surface area contributed by atoms with Gasteiger partial charge in [-0.15, -0.1) is 11.3 Å². The number of aliphatic imine (C=N–C) groups is 1. The van der Waals surface area contributed by atoms with Gasteiger partial charge in [0.05, 0.1) is 23.6 Å². The van der Waals surface area contributed by atoms with Crippen molar-refractivity contribution in [1.82, 2.24) is 4.90 Å². The molecule has 1 saturated heterocycles. The number of hydrogen-bond donors (Lipinski definition) is 0. The molecule has 1 atom stereocenters. The van der Waals surface area contributed by atoms with E-state index in [0.29, 0.717) is 28.8 Å². The van der Waals surface area contributed by atoms with Crippen molar-refractivity contribution in [2.45, 2.75) is 19.9 Å². The second kappa shape index (κ2) is 5.65. The molecule has 7 heteroatoms. The Morgan fingerprint density at radius 1 is 1.57 bits per heavy atom. The maximum atomic E-state index is 12.3. The van der Waals surface area contributed by atoms with Crippen molar-refractivity contribution in [2.75, 3.05) is 12.4 Å². The zero-order chi connectivity index (χ0) is 15.0. The summed E-state index contributed by atoms with van der Waals surface area (Å²) in [6.07, 6.45) is 0. The van der Waals surface area contributed by atoms with Crippen LogP contribution < -0.4 is 0 Å². The van der Waals surface area contributed by atoms with E-state index in [1.54, 1.807) is 18.7 Å². The van der Waals surface area contributed by atoms with Gasteiger partial charge in [0.2, 0.25) is 5.91 Å². The Bertz CT molecular complexity index is 649. The zero-order valence-corrected chi connectivity index (χ0v) is 13.3. The van der Waals surface area contributed by atoms with E-state index >= 15 is 0 Å². The highest BCUT2D eigenvalue weighted by atomic mass is 32.2. The van der Waals surface area contributed by atoms with Gasteiger partial charge in [-0.05, 0) is 25.3 Å². The average Bonchev–Trinajstić information content (AvgIpc) is 3.08. The molecule has 3 heterocycles. The van der Waals surface area contributed by atoms with Gasteiger partial charge in [0.15, 0.2) is 5.17 Å². The summed E-state index contributed by atoms with van der Waals surface area (Å²) in [6.45, 7) is 3.86. The minimum atomic E-state index is -0.418. The third kappa shape index (κ3) is 2.40. The van der Waals surface area contributed by atoms with Gasteiger partial charge in [0.1, 0.15) is 6.04 Å². The highest BCUT2D eigenvalue weighted by Gasteiger charge is 2.43. The molecule has 110 valence electrons. The van der Waals surface area contributed by atoms with Crippen molar-refractivity contribution < 1.29 is 14.3 Å². The van der Waals surface area contributed by atoms with E-state index in [1.807, 2.05) is 17.5 Å². The molecule has 0 aromatic carbocycles. The summed E-state index contributed by atoms with van der Waals surface area (Å²) in [5, 5.41) is 2.61. The molecule has 0 bridgehead atoms. The fourth-order valence-corrected chi connectivity index (χ4v) is 4.19. The summed E-state index contributed by atoms with van der Waals surface area (Å²) < 4.78 is 5.16. The minimum absolute atomic E-state index is 0.0218. The summed E-state index contributed by atoms with van der Waals surface area (Å²) in [7, 11) is 0. The van der Waals surface area contributed by atoms with E-state index in [-0.39, 0.29) is 5.91 Å². The van der Waals surface area contributed by atoms with Crippen LogP contribution in [0.4, 0.5) is 0 Å². The molecule has 0 aliphatic carbocycles. The molecule has 2 aliphatic heterocycles. The van der Waals surface area contributed by atoms with Crippen LogP contribution in [-0.2, 0) is 14.3 Å². The lowest BCUT2D eigenvalue weighted by Gasteiger charge is -2.31. The number of carbonyl (C=O) groups excluding carboxylic acids is 2. The lowest BCUT2D eigenvalue weighted by molar-refractivity contribution is -0.139. The Balaban J connectivity index is 2.11. The standard InChI is InChI=1S/C14H14N2O3S2/c1-3-19-13(18)11-8(2)15-14-16(10(17)7-21-14)12(11)9-5-4-6-20-9/h4-6,12H,3,7H2,1-2H3/t12-/m1/s1. The Morgan fingerprint density at radius 3 is 3.05 bits per heavy atom. The summed E-state index contributed by atoms with van der Waals surface area (Å²) in [4.78, 5) is 31.5. The highest BCUT2D eigenvalue weighted by molar-refractivity contribution is 8.15. The van der Waals surface area contributed by atoms with Crippen molar-refractivity contribution in [3.63, 3.8) is 0 Å². The van der Waals surface area contributed by atoms with Gasteiger partial charge in [0, 0.05) is 4.88 Å². The third-order valence-electron chi connectivity index (χ3n) is 3.29. The molecule has 1 aromatic heterocycles. The fraction of sp³-hybridized carbons (Fsp3) is 0.357. The summed E-state index contributed by atoms with van der Waals surface area (Å²) >= 11 is 2.93. The molecule has 3 rings (SSSR count). The van der Waals surface area contributed by atoms with Gasteiger partial charge >= 0.3 is 5.97 Å². The minimum Gasteiger partial charge on any atom is -0.463 e. The van der Waals surface area contributed by atoms with Crippen molar-refractivity contribution in [1.29, 1.82) is 0 Å². The highest BCUT2D eigenvalue weighted by Crippen LogP contribution is 2.42. The van der Waals surface area contributed by atoms with Crippen LogP contribution in [0.5, 0.6) is 0 Å². The molecule has 1 aromatic rings. The monoisotopic (exact) mass is 322 g/mol. The van der Waals surface area contributed by atoms with E-state index in [2.05, 4.69) is 4.99 Å². The predicted octanol–water partition coefficient (Wildman–Crippen LogP) is 2.57. The topological polar surface area (TPSA) is 59.0 Å². The summed E-state index contributed by atoms with van der Waals surface area (Å²) in [5.41, 5.74) is 1.08. The molecule has 0 spiro atoms. The normalized spacial score (nSPS) is 21.4. The Labute approximate surface area is 130 Å². The first-order valence-corrected chi connectivity index (χ1v) is 8.44. The van der Waals surface area contributed by atoms with Gasteiger partial charge in [-0.3, -0.25) is 9.69 Å². The largest absolute Gasteiger partial charge is 0.463 e. The number of fused-ring (bicyclic) bond motifs is 1. The summed E-state index contributed by atoms with van der Waals surface area (Å²) in [5.74, 6) is -0.0586. The first-order chi connectivity index (χ1) is 10.1. The van der Waals surface area contributed by atoms with E-state index in [0.717, 1.165) is 4.88 Å². The van der Waals surface area contributed by atoms with Crippen LogP contribution in [0.15, 0.2) is 33.8 Å². The van der Waals surface area contributed by atoms with E-state index in [4.69, 9.17) is 4.74 Å². The van der Waals surface area contributed by atoms with Crippen LogP contribution in [0.25, 0.3) is 0 Å². The number of thiophene rings is 1. The van der Waals surface area contributed by atoms with Gasteiger partial charge in [0.25, 0.3) is 0 Å². The van der Waals surface area contributed by atoms with Gasteiger partial charge in [-0.2, -0.15) is 0 Å². The quantitative estimate of drug-likeness (QED) is 0.803. The molecule has 21 heavy (non-hydrogen) atoms. The maximum absolute atomic E-state index is 12.3. The second-order valence-corrected chi connectivity index (χ2v) is 6.51. The Hall–Kier alpha value is -1.60. The predicted molar refractivity (Wildman–Crippen MR) is 83.1 cm³/mol. The van der Waals surface area contributed by atoms with Crippen molar-refractivity contribution >= 4 is 40.1 Å². The van der Waals surface area contributed by atoms with Crippen molar-refractivity contribution in [2.24, 2.45) is 4.99 Å². The fourth-order valence-electron chi connectivity index (χ4n) is 2.43. The zero-order valence-electron chi connectivity index (χ0n) is 11.7. The first-order valence-electron chi connectivity index (χ1n) is 6.58. The van der Waals surface area contributed by atoms with Crippen LogP contribution in [0.1, 0.15) is 24.8 Å². The number of nitrogens with zero attached hydrogens (tertiary/aromatic N) is 2. The number of ether oxygens (including phenoxy) is 1. The van der Waals surface area contributed by atoms with Crippen LogP contribution >= 0.6 is 23.1 Å². The number of carbonyl (C=O) groups is 2. The molecule has 2 aliphatic rings. The SMILES string of the molecule is CCOC(=O)C1=C(C)N=C2SCC(=O)N2[C@@H]1c1cccs1. The number of amides is 1. The molecule has 5 nitrogen and oxygen atoms in total. The van der Waals surface area contributed by atoms with Crippen molar-refractivity contribution in [3.8, 4) is 0 Å². The number of thioether (sulfide) groups is 1. The molecular weight excluding hydrogens is 308 g/mol. The molecule has 1 amide bonds. The second-order valence-electron chi connectivity index (χ2n) is 4.58. The Kier molecular flexibility index (Phi) is 3.86. The van der Waals surface area contributed by atoms with E-state index in [9.17, 15) is 9.59 Å². The van der Waals surface area contributed by atoms with Crippen LogP contribution in [0.3, 0.4) is 0 Å². The van der Waals surface area contributed by atoms with Crippen molar-refractivity contribution in [3.05, 3.63) is 33.7 Å². The van der Waals surface area contributed by atoms with Gasteiger partial charge in [-0.25, -0.2) is 9.79 Å². The molecule has 0 unspecified atom stereocenters. The van der Waals surface area contributed by atoms with E-state index < -0.39 is 12.0 Å². The Morgan fingerprint density at radius 2 is 2.38 bits per heavy atom. The van der Waals surface area contributed by atoms with E-state index in [1.165, 1.54) is 23.1 Å². The smallest absolute Gasteiger partial charge is 0.338 e. The van der Waals surface area contributed by atoms with Gasteiger partial charge in [-0.1, -0.05) is 17.8 Å².